The van der Waals surface area contributed by atoms with Gasteiger partial charge in [-0.2, -0.15) is 0 Å². The third kappa shape index (κ3) is 3.36. The molecule has 24 heavy (non-hydrogen) atoms. The Kier molecular flexibility index (Phi) is 5.55. The largest absolute Gasteiger partial charge is 0.366 e. The lowest BCUT2D eigenvalue weighted by atomic mass is 9.92. The summed E-state index contributed by atoms with van der Waals surface area (Å²) < 4.78 is 0.745. The molecule has 0 bridgehead atoms. The summed E-state index contributed by atoms with van der Waals surface area (Å²) in [5, 5.41) is 3.48. The van der Waals surface area contributed by atoms with Crippen molar-refractivity contribution in [2.24, 2.45) is 11.8 Å². The summed E-state index contributed by atoms with van der Waals surface area (Å²) in [6.45, 7) is 3.93. The van der Waals surface area contributed by atoms with Gasteiger partial charge in [-0.15, -0.1) is 23.7 Å². The molecule has 4 nitrogen and oxygen atoms in total. The smallest absolute Gasteiger partial charge is 0.256 e. The van der Waals surface area contributed by atoms with Crippen molar-refractivity contribution < 1.29 is 4.79 Å². The number of thiophene rings is 1. The zero-order chi connectivity index (χ0) is 15.8. The van der Waals surface area contributed by atoms with Crippen LogP contribution in [0.25, 0.3) is 10.4 Å². The SMILES string of the molecule is Cl.O=C(c1c[nH]cc1-c1ccc(Cl)s1)N1CC[C@@H]2CNC[C@@H]2CC1. The van der Waals surface area contributed by atoms with E-state index in [1.807, 2.05) is 29.4 Å². The van der Waals surface area contributed by atoms with Crippen LogP contribution in [-0.4, -0.2) is 42.0 Å². The quantitative estimate of drug-likeness (QED) is 0.823. The van der Waals surface area contributed by atoms with Gasteiger partial charge in [0.25, 0.3) is 5.91 Å². The van der Waals surface area contributed by atoms with Crippen LogP contribution in [0.5, 0.6) is 0 Å². The fourth-order valence-corrected chi connectivity index (χ4v) is 4.87. The molecule has 2 N–H and O–H groups in total. The van der Waals surface area contributed by atoms with E-state index in [0.29, 0.717) is 0 Å². The normalized spacial score (nSPS) is 23.5. The number of aromatic nitrogens is 1. The summed E-state index contributed by atoms with van der Waals surface area (Å²) >= 11 is 7.55. The number of carbonyl (C=O) groups excluding carboxylic acids is 1. The Bertz CT molecular complexity index is 700. The summed E-state index contributed by atoms with van der Waals surface area (Å²) in [4.78, 5) is 19.1. The summed E-state index contributed by atoms with van der Waals surface area (Å²) in [7, 11) is 0. The Hall–Kier alpha value is -1.01. The fourth-order valence-electron chi connectivity index (χ4n) is 3.80. The molecule has 2 aliphatic heterocycles. The van der Waals surface area contributed by atoms with Gasteiger partial charge in [0, 0.05) is 35.9 Å². The van der Waals surface area contributed by atoms with Gasteiger partial charge in [0.05, 0.1) is 9.90 Å². The Morgan fingerprint density at radius 2 is 1.88 bits per heavy atom. The van der Waals surface area contributed by atoms with Crippen molar-refractivity contribution in [3.05, 3.63) is 34.4 Å². The lowest BCUT2D eigenvalue weighted by molar-refractivity contribution is 0.0759. The molecule has 4 rings (SSSR count). The van der Waals surface area contributed by atoms with Gasteiger partial charge in [-0.25, -0.2) is 0 Å². The molecule has 2 aromatic rings. The van der Waals surface area contributed by atoms with E-state index in [1.165, 1.54) is 11.3 Å². The van der Waals surface area contributed by atoms with Gasteiger partial charge < -0.3 is 15.2 Å². The predicted octanol–water partition coefficient (Wildman–Crippen LogP) is 3.89. The van der Waals surface area contributed by atoms with E-state index in [0.717, 1.165) is 71.2 Å². The van der Waals surface area contributed by atoms with E-state index >= 15 is 0 Å². The summed E-state index contributed by atoms with van der Waals surface area (Å²) in [6, 6.07) is 3.86. The maximum absolute atomic E-state index is 13.0. The number of likely N-dealkylation sites (tertiary alicyclic amines) is 1. The minimum absolute atomic E-state index is 0. The van der Waals surface area contributed by atoms with Crippen LogP contribution in [0.15, 0.2) is 24.5 Å². The number of hydrogen-bond donors (Lipinski definition) is 2. The number of nitrogens with one attached hydrogen (secondary N) is 2. The van der Waals surface area contributed by atoms with Crippen molar-refractivity contribution in [1.29, 1.82) is 0 Å². The Morgan fingerprint density at radius 3 is 2.50 bits per heavy atom. The van der Waals surface area contributed by atoms with Gasteiger partial charge in [0.2, 0.25) is 0 Å². The topological polar surface area (TPSA) is 48.1 Å². The molecule has 0 aliphatic carbocycles. The number of carbonyl (C=O) groups is 1. The molecule has 130 valence electrons. The highest BCUT2D eigenvalue weighted by molar-refractivity contribution is 7.19. The van der Waals surface area contributed by atoms with Crippen molar-refractivity contribution in [2.45, 2.75) is 12.8 Å². The van der Waals surface area contributed by atoms with Crippen LogP contribution >= 0.6 is 35.3 Å². The first-order chi connectivity index (χ1) is 11.2. The highest BCUT2D eigenvalue weighted by Gasteiger charge is 2.32. The number of aromatic amines is 1. The fraction of sp³-hybridized carbons (Fsp3) is 0.471. The lowest BCUT2D eigenvalue weighted by Gasteiger charge is -2.21. The van der Waals surface area contributed by atoms with Crippen molar-refractivity contribution in [2.75, 3.05) is 26.2 Å². The number of amides is 1. The summed E-state index contributed by atoms with van der Waals surface area (Å²) in [5.74, 6) is 1.60. The number of nitrogens with zero attached hydrogens (tertiary/aromatic N) is 1. The first-order valence-electron chi connectivity index (χ1n) is 8.15. The number of rotatable bonds is 2. The van der Waals surface area contributed by atoms with Gasteiger partial charge in [-0.3, -0.25) is 4.79 Å². The van der Waals surface area contributed by atoms with Gasteiger partial charge >= 0.3 is 0 Å². The molecule has 0 unspecified atom stereocenters. The number of H-pyrrole nitrogens is 1. The van der Waals surface area contributed by atoms with E-state index < -0.39 is 0 Å². The average Bonchev–Trinajstić information content (AvgIpc) is 3.25. The average molecular weight is 386 g/mol. The van der Waals surface area contributed by atoms with Crippen LogP contribution in [0.3, 0.4) is 0 Å². The highest BCUT2D eigenvalue weighted by Crippen LogP contribution is 2.34. The van der Waals surface area contributed by atoms with Crippen LogP contribution in [0.2, 0.25) is 4.34 Å². The van der Waals surface area contributed by atoms with Crippen LogP contribution in [-0.2, 0) is 0 Å². The van der Waals surface area contributed by atoms with Crippen LogP contribution < -0.4 is 5.32 Å². The molecule has 4 heterocycles. The van der Waals surface area contributed by atoms with Crippen molar-refractivity contribution in [1.82, 2.24) is 15.2 Å². The number of hydrogen-bond acceptors (Lipinski definition) is 3. The van der Waals surface area contributed by atoms with E-state index in [9.17, 15) is 4.79 Å². The molecule has 2 saturated heterocycles. The Morgan fingerprint density at radius 1 is 1.17 bits per heavy atom. The van der Waals surface area contributed by atoms with E-state index in [1.54, 1.807) is 0 Å². The predicted molar refractivity (Wildman–Crippen MR) is 101 cm³/mol. The second kappa shape index (κ2) is 7.48. The third-order valence-electron chi connectivity index (χ3n) is 5.12. The maximum Gasteiger partial charge on any atom is 0.256 e. The lowest BCUT2D eigenvalue weighted by Crippen LogP contribution is -2.32. The van der Waals surface area contributed by atoms with Crippen molar-refractivity contribution in [3.63, 3.8) is 0 Å². The first-order valence-corrected chi connectivity index (χ1v) is 9.34. The molecule has 1 amide bonds. The Balaban J connectivity index is 0.00000169. The van der Waals surface area contributed by atoms with Crippen LogP contribution in [0.1, 0.15) is 23.2 Å². The maximum atomic E-state index is 13.0. The number of halogens is 2. The van der Waals surface area contributed by atoms with Crippen molar-refractivity contribution >= 4 is 41.3 Å². The van der Waals surface area contributed by atoms with Gasteiger partial charge in [-0.05, 0) is 49.9 Å². The zero-order valence-corrected chi connectivity index (χ0v) is 15.6. The molecule has 2 atom stereocenters. The standard InChI is InChI=1S/C17H20ClN3OS.ClH/c18-16-2-1-15(23-16)13-9-20-10-14(13)17(22)21-5-3-11-7-19-8-12(11)4-6-21;/h1-2,9-12,19-20H,3-8H2;1H/t11-,12+;. The molecular weight excluding hydrogens is 365 g/mol. The molecule has 0 spiro atoms. The van der Waals surface area contributed by atoms with Gasteiger partial charge in [0.15, 0.2) is 0 Å². The second-order valence-electron chi connectivity index (χ2n) is 6.43. The van der Waals surface area contributed by atoms with E-state index in [-0.39, 0.29) is 18.3 Å². The first kappa shape index (κ1) is 17.8. The minimum Gasteiger partial charge on any atom is -0.366 e. The molecule has 0 aromatic carbocycles. The highest BCUT2D eigenvalue weighted by atomic mass is 35.5. The number of fused-ring (bicyclic) bond motifs is 1. The molecule has 2 aliphatic rings. The monoisotopic (exact) mass is 385 g/mol. The van der Waals surface area contributed by atoms with Crippen LogP contribution in [0.4, 0.5) is 0 Å². The van der Waals surface area contributed by atoms with Gasteiger partial charge in [0.1, 0.15) is 0 Å². The van der Waals surface area contributed by atoms with Crippen LogP contribution in [0, 0.1) is 11.8 Å². The molecule has 2 aromatic heterocycles. The van der Waals surface area contributed by atoms with Crippen molar-refractivity contribution in [3.8, 4) is 10.4 Å². The molecule has 0 saturated carbocycles. The molecule has 0 radical (unpaired) electrons. The zero-order valence-electron chi connectivity index (χ0n) is 13.3. The molecular formula is C17H21Cl2N3OS. The summed E-state index contributed by atoms with van der Waals surface area (Å²) in [5.41, 5.74) is 1.71. The van der Waals surface area contributed by atoms with E-state index in [2.05, 4.69) is 10.3 Å². The Labute approximate surface area is 157 Å². The minimum atomic E-state index is 0. The molecule has 2 fully saturated rings. The molecule has 7 heteroatoms. The van der Waals surface area contributed by atoms with E-state index in [4.69, 9.17) is 11.6 Å². The second-order valence-corrected chi connectivity index (χ2v) is 8.15. The summed E-state index contributed by atoms with van der Waals surface area (Å²) in [6.07, 6.45) is 5.92. The third-order valence-corrected chi connectivity index (χ3v) is 6.39. The van der Waals surface area contributed by atoms with Gasteiger partial charge in [-0.1, -0.05) is 11.6 Å².